The molecule has 1 aliphatic rings. The fourth-order valence-electron chi connectivity index (χ4n) is 4.41. The average molecular weight is 462 g/mol. The quantitative estimate of drug-likeness (QED) is 0.489. The number of nitrogens with one attached hydrogen (secondary N) is 1. The molecule has 6 heteroatoms. The average Bonchev–Trinajstić information content (AvgIpc) is 3.19. The van der Waals surface area contributed by atoms with Crippen LogP contribution in [0.4, 0.5) is 5.69 Å². The van der Waals surface area contributed by atoms with Crippen LogP contribution in [-0.4, -0.2) is 34.8 Å². The normalized spacial score (nSPS) is 14.2. The summed E-state index contributed by atoms with van der Waals surface area (Å²) >= 11 is 1.55. The molecule has 1 aliphatic carbocycles. The smallest absolute Gasteiger partial charge is 0.253 e. The summed E-state index contributed by atoms with van der Waals surface area (Å²) in [6, 6.07) is 15.7. The minimum absolute atomic E-state index is 0.0441. The van der Waals surface area contributed by atoms with Gasteiger partial charge in [0.05, 0.1) is 17.1 Å². The van der Waals surface area contributed by atoms with E-state index in [-0.39, 0.29) is 18.2 Å². The van der Waals surface area contributed by atoms with Crippen molar-refractivity contribution < 1.29 is 9.59 Å². The molecule has 2 amide bonds. The lowest BCUT2D eigenvalue weighted by atomic mass is 9.94. The summed E-state index contributed by atoms with van der Waals surface area (Å²) in [5.74, 6) is -0.0481. The summed E-state index contributed by atoms with van der Waals surface area (Å²) in [4.78, 5) is 33.1. The maximum Gasteiger partial charge on any atom is 0.253 e. The van der Waals surface area contributed by atoms with Crippen molar-refractivity contribution in [3.8, 4) is 11.3 Å². The van der Waals surface area contributed by atoms with Crippen LogP contribution in [0.3, 0.4) is 0 Å². The Morgan fingerprint density at radius 2 is 1.67 bits per heavy atom. The van der Waals surface area contributed by atoms with Gasteiger partial charge in [-0.2, -0.15) is 0 Å². The van der Waals surface area contributed by atoms with Crippen LogP contribution in [0.15, 0.2) is 48.5 Å². The molecule has 3 aromatic rings. The Morgan fingerprint density at radius 1 is 1.00 bits per heavy atom. The number of aromatic nitrogens is 1. The fourth-order valence-corrected chi connectivity index (χ4v) is 5.37. The van der Waals surface area contributed by atoms with Gasteiger partial charge >= 0.3 is 0 Å². The molecule has 0 saturated heterocycles. The first kappa shape index (κ1) is 23.2. The predicted octanol–water partition coefficient (Wildman–Crippen LogP) is 6.01. The summed E-state index contributed by atoms with van der Waals surface area (Å²) in [7, 11) is 1.90. The molecule has 1 saturated carbocycles. The van der Waals surface area contributed by atoms with E-state index in [0.717, 1.165) is 34.0 Å². The fraction of sp³-hybridized carbons (Fsp3) is 0.370. The lowest BCUT2D eigenvalue weighted by Gasteiger charge is -2.31. The van der Waals surface area contributed by atoms with Gasteiger partial charge in [0.25, 0.3) is 5.91 Å². The van der Waals surface area contributed by atoms with E-state index in [4.69, 9.17) is 0 Å². The highest BCUT2D eigenvalue weighted by molar-refractivity contribution is 7.12. The Hall–Kier alpha value is -2.99. The molecular weight excluding hydrogens is 430 g/mol. The molecule has 0 spiro atoms. The van der Waals surface area contributed by atoms with Crippen molar-refractivity contribution >= 4 is 28.8 Å². The van der Waals surface area contributed by atoms with Gasteiger partial charge in [-0.15, -0.1) is 11.3 Å². The maximum absolute atomic E-state index is 12.8. The van der Waals surface area contributed by atoms with Crippen molar-refractivity contribution in [2.24, 2.45) is 0 Å². The largest absolute Gasteiger partial charge is 0.339 e. The van der Waals surface area contributed by atoms with Crippen LogP contribution in [0.25, 0.3) is 11.3 Å². The van der Waals surface area contributed by atoms with E-state index in [9.17, 15) is 9.59 Å². The van der Waals surface area contributed by atoms with Crippen molar-refractivity contribution in [3.05, 3.63) is 69.5 Å². The van der Waals surface area contributed by atoms with Crippen LogP contribution >= 0.6 is 11.3 Å². The summed E-state index contributed by atoms with van der Waals surface area (Å²) in [5.41, 5.74) is 4.43. The molecule has 1 aromatic heterocycles. The number of rotatable bonds is 6. The molecule has 33 heavy (non-hydrogen) atoms. The molecular formula is C27H31N3O2S. The third-order valence-corrected chi connectivity index (χ3v) is 7.28. The van der Waals surface area contributed by atoms with Gasteiger partial charge in [-0.05, 0) is 51.0 Å². The molecule has 172 valence electrons. The Balaban J connectivity index is 1.39. The number of benzene rings is 2. The van der Waals surface area contributed by atoms with Crippen LogP contribution in [0.5, 0.6) is 0 Å². The molecule has 0 radical (unpaired) electrons. The van der Waals surface area contributed by atoms with Crippen molar-refractivity contribution in [3.63, 3.8) is 0 Å². The van der Waals surface area contributed by atoms with Gasteiger partial charge in [0.1, 0.15) is 0 Å². The Kier molecular flexibility index (Phi) is 7.23. The lowest BCUT2D eigenvalue weighted by Crippen LogP contribution is -2.38. The zero-order chi connectivity index (χ0) is 23.4. The standard InChI is InChI=1S/C27H31N3O2S/c1-18-9-11-20(12-10-18)26-24(33-19(2)28-26)17-25(31)29-22-15-13-21(14-16-22)27(32)30(3)23-7-5-4-6-8-23/h9-16,23H,4-8,17H2,1-3H3,(H,29,31). The minimum Gasteiger partial charge on any atom is -0.339 e. The molecule has 5 nitrogen and oxygen atoms in total. The van der Waals surface area contributed by atoms with E-state index in [1.54, 1.807) is 35.6 Å². The lowest BCUT2D eigenvalue weighted by molar-refractivity contribution is -0.115. The third kappa shape index (κ3) is 5.69. The van der Waals surface area contributed by atoms with E-state index in [0.29, 0.717) is 17.3 Å². The van der Waals surface area contributed by atoms with Crippen molar-refractivity contribution in [1.82, 2.24) is 9.88 Å². The van der Waals surface area contributed by atoms with E-state index >= 15 is 0 Å². The van der Waals surface area contributed by atoms with Crippen LogP contribution in [0, 0.1) is 13.8 Å². The second-order valence-electron chi connectivity index (χ2n) is 8.88. The highest BCUT2D eigenvalue weighted by Crippen LogP contribution is 2.29. The van der Waals surface area contributed by atoms with E-state index < -0.39 is 0 Å². The summed E-state index contributed by atoms with van der Waals surface area (Å²) in [6.45, 7) is 4.02. The van der Waals surface area contributed by atoms with Crippen LogP contribution in [0.2, 0.25) is 0 Å². The maximum atomic E-state index is 12.8. The number of anilines is 1. The van der Waals surface area contributed by atoms with E-state index in [2.05, 4.69) is 29.4 Å². The minimum atomic E-state index is -0.0922. The van der Waals surface area contributed by atoms with E-state index in [1.165, 1.54) is 24.8 Å². The molecule has 0 aliphatic heterocycles. The first-order valence-electron chi connectivity index (χ1n) is 11.6. The van der Waals surface area contributed by atoms with Crippen LogP contribution in [-0.2, 0) is 11.2 Å². The summed E-state index contributed by atoms with van der Waals surface area (Å²) in [5, 5.41) is 3.90. The summed E-state index contributed by atoms with van der Waals surface area (Å²) in [6.07, 6.45) is 6.08. The van der Waals surface area contributed by atoms with Gasteiger partial charge < -0.3 is 10.2 Å². The first-order valence-corrected chi connectivity index (χ1v) is 12.4. The topological polar surface area (TPSA) is 62.3 Å². The number of hydrogen-bond acceptors (Lipinski definition) is 4. The molecule has 1 heterocycles. The van der Waals surface area contributed by atoms with Crippen molar-refractivity contribution in [1.29, 1.82) is 0 Å². The summed E-state index contributed by atoms with van der Waals surface area (Å²) < 4.78 is 0. The number of nitrogens with zero attached hydrogens (tertiary/aromatic N) is 2. The Morgan fingerprint density at radius 3 is 2.33 bits per heavy atom. The van der Waals surface area contributed by atoms with Gasteiger partial charge in [0.2, 0.25) is 5.91 Å². The van der Waals surface area contributed by atoms with Gasteiger partial charge in [0, 0.05) is 34.8 Å². The highest BCUT2D eigenvalue weighted by atomic mass is 32.1. The monoisotopic (exact) mass is 461 g/mol. The van der Waals surface area contributed by atoms with Crippen LogP contribution < -0.4 is 5.32 Å². The number of thiazole rings is 1. The van der Waals surface area contributed by atoms with Gasteiger partial charge in [-0.1, -0.05) is 49.1 Å². The molecule has 1 fully saturated rings. The zero-order valence-corrected chi connectivity index (χ0v) is 20.4. The number of hydrogen-bond donors (Lipinski definition) is 1. The van der Waals surface area contributed by atoms with Gasteiger partial charge in [-0.25, -0.2) is 4.98 Å². The Labute approximate surface area is 199 Å². The highest BCUT2D eigenvalue weighted by Gasteiger charge is 2.23. The Bertz CT molecular complexity index is 1110. The van der Waals surface area contributed by atoms with Gasteiger partial charge in [-0.3, -0.25) is 9.59 Å². The molecule has 0 bridgehead atoms. The molecule has 0 unspecified atom stereocenters. The first-order chi connectivity index (χ1) is 15.9. The SMILES string of the molecule is Cc1ccc(-c2nc(C)sc2CC(=O)Nc2ccc(C(=O)N(C)C3CCCCC3)cc2)cc1. The third-order valence-electron chi connectivity index (χ3n) is 6.31. The molecule has 4 rings (SSSR count). The number of aryl methyl sites for hydroxylation is 2. The molecule has 0 atom stereocenters. The van der Waals surface area contributed by atoms with Crippen molar-refractivity contribution in [2.75, 3.05) is 12.4 Å². The number of amides is 2. The van der Waals surface area contributed by atoms with E-state index in [1.807, 2.05) is 31.0 Å². The molecule has 1 N–H and O–H groups in total. The van der Waals surface area contributed by atoms with Crippen LogP contribution in [0.1, 0.15) is 57.9 Å². The zero-order valence-electron chi connectivity index (χ0n) is 19.6. The second kappa shape index (κ2) is 10.3. The number of carbonyl (C=O) groups is 2. The second-order valence-corrected chi connectivity index (χ2v) is 10.2. The van der Waals surface area contributed by atoms with Crippen molar-refractivity contribution in [2.45, 2.75) is 58.4 Å². The molecule has 2 aromatic carbocycles. The van der Waals surface area contributed by atoms with Gasteiger partial charge in [0.15, 0.2) is 0 Å². The number of carbonyl (C=O) groups excluding carboxylic acids is 2. The predicted molar refractivity (Wildman–Crippen MR) is 135 cm³/mol.